The molecule has 1 heterocycles. The van der Waals surface area contributed by atoms with Gasteiger partial charge in [0, 0.05) is 10.6 Å². The first-order valence-electron chi connectivity index (χ1n) is 5.35. The van der Waals surface area contributed by atoms with E-state index >= 15 is 0 Å². The molecule has 0 spiro atoms. The zero-order valence-electron chi connectivity index (χ0n) is 9.29. The van der Waals surface area contributed by atoms with Crippen LogP contribution in [-0.2, 0) is 0 Å². The van der Waals surface area contributed by atoms with Gasteiger partial charge in [-0.2, -0.15) is 0 Å². The number of fused-ring (bicyclic) bond motifs is 1. The van der Waals surface area contributed by atoms with Gasteiger partial charge in [0.25, 0.3) is 0 Å². The summed E-state index contributed by atoms with van der Waals surface area (Å²) >= 11 is 1.37. The molecule has 2 rings (SSSR count). The Bertz CT molecular complexity index is 530. The Morgan fingerprint density at radius 1 is 1.44 bits per heavy atom. The van der Waals surface area contributed by atoms with Crippen molar-refractivity contribution in [2.45, 2.75) is 20.3 Å². The summed E-state index contributed by atoms with van der Waals surface area (Å²) in [4.78, 5) is 12.7. The number of hydrogen-bond donors (Lipinski definition) is 0. The molecule has 1 nitrogen and oxygen atoms in total. The predicted molar refractivity (Wildman–Crippen MR) is 65.6 cm³/mol. The molecule has 0 fully saturated rings. The van der Waals surface area contributed by atoms with Gasteiger partial charge in [-0.1, -0.05) is 19.9 Å². The van der Waals surface area contributed by atoms with Gasteiger partial charge in [-0.05, 0) is 30.0 Å². The summed E-state index contributed by atoms with van der Waals surface area (Å²) in [6, 6.07) is 6.47. The van der Waals surface area contributed by atoms with Crippen LogP contribution in [0.25, 0.3) is 10.1 Å². The predicted octanol–water partition coefficient (Wildman–Crippen LogP) is 4.27. The lowest BCUT2D eigenvalue weighted by molar-refractivity contribution is 0.0931. The van der Waals surface area contributed by atoms with Gasteiger partial charge in [-0.25, -0.2) is 4.39 Å². The Morgan fingerprint density at radius 3 is 2.88 bits per heavy atom. The number of carbonyl (C=O) groups excluding carboxylic acids is 1. The van der Waals surface area contributed by atoms with Crippen molar-refractivity contribution < 1.29 is 9.18 Å². The Labute approximate surface area is 97.9 Å². The molecule has 1 aromatic heterocycles. The van der Waals surface area contributed by atoms with Gasteiger partial charge in [-0.15, -0.1) is 11.3 Å². The first-order valence-corrected chi connectivity index (χ1v) is 6.16. The maximum atomic E-state index is 13.0. The summed E-state index contributed by atoms with van der Waals surface area (Å²) < 4.78 is 13.8. The minimum atomic E-state index is -0.253. The molecule has 0 saturated heterocycles. The highest BCUT2D eigenvalue weighted by Crippen LogP contribution is 2.28. The third-order valence-electron chi connectivity index (χ3n) is 2.78. The first kappa shape index (κ1) is 11.3. The summed E-state index contributed by atoms with van der Waals surface area (Å²) in [6.07, 6.45) is 0.835. The average Bonchev–Trinajstić information content (AvgIpc) is 2.69. The van der Waals surface area contributed by atoms with Crippen LogP contribution >= 0.6 is 11.3 Å². The fourth-order valence-corrected chi connectivity index (χ4v) is 2.70. The van der Waals surface area contributed by atoms with Crippen molar-refractivity contribution in [3.05, 3.63) is 35.0 Å². The molecule has 0 amide bonds. The van der Waals surface area contributed by atoms with E-state index < -0.39 is 0 Å². The van der Waals surface area contributed by atoms with Crippen LogP contribution in [0.5, 0.6) is 0 Å². The molecule has 0 aliphatic carbocycles. The molecule has 0 saturated carbocycles. The van der Waals surface area contributed by atoms with E-state index in [4.69, 9.17) is 0 Å². The topological polar surface area (TPSA) is 17.1 Å². The highest BCUT2D eigenvalue weighted by molar-refractivity contribution is 7.20. The van der Waals surface area contributed by atoms with Crippen LogP contribution in [0.4, 0.5) is 4.39 Å². The van der Waals surface area contributed by atoms with Gasteiger partial charge >= 0.3 is 0 Å². The molecule has 0 aliphatic heterocycles. The van der Waals surface area contributed by atoms with Crippen molar-refractivity contribution in [3.63, 3.8) is 0 Å². The lowest BCUT2D eigenvalue weighted by atomic mass is 10.0. The highest BCUT2D eigenvalue weighted by atomic mass is 32.1. The van der Waals surface area contributed by atoms with Crippen molar-refractivity contribution in [3.8, 4) is 0 Å². The van der Waals surface area contributed by atoms with Crippen molar-refractivity contribution >= 4 is 27.2 Å². The van der Waals surface area contributed by atoms with E-state index in [1.54, 1.807) is 6.07 Å². The Balaban J connectivity index is 2.43. The highest BCUT2D eigenvalue weighted by Gasteiger charge is 2.16. The summed E-state index contributed by atoms with van der Waals surface area (Å²) in [5.74, 6) is -0.0566. The molecule has 84 valence electrons. The molecule has 16 heavy (non-hydrogen) atoms. The van der Waals surface area contributed by atoms with Crippen LogP contribution in [-0.4, -0.2) is 5.78 Å². The maximum absolute atomic E-state index is 13.0. The van der Waals surface area contributed by atoms with Gasteiger partial charge < -0.3 is 0 Å². The fourth-order valence-electron chi connectivity index (χ4n) is 1.55. The standard InChI is InChI=1S/C13H13FOS/c1-3-8(2)13(15)12-6-9-4-5-10(14)7-11(9)16-12/h4-8H,3H2,1-2H3. The zero-order valence-corrected chi connectivity index (χ0v) is 10.1. The van der Waals surface area contributed by atoms with Gasteiger partial charge in [0.05, 0.1) is 4.88 Å². The van der Waals surface area contributed by atoms with Gasteiger partial charge in [-0.3, -0.25) is 4.79 Å². The van der Waals surface area contributed by atoms with Crippen LogP contribution in [0.3, 0.4) is 0 Å². The van der Waals surface area contributed by atoms with Crippen LogP contribution in [0, 0.1) is 11.7 Å². The minimum absolute atomic E-state index is 0.0397. The van der Waals surface area contributed by atoms with Crippen molar-refractivity contribution in [1.82, 2.24) is 0 Å². The zero-order chi connectivity index (χ0) is 11.7. The summed E-state index contributed by atoms with van der Waals surface area (Å²) in [5.41, 5.74) is 0. The van der Waals surface area contributed by atoms with Gasteiger partial charge in [0.15, 0.2) is 5.78 Å². The quantitative estimate of drug-likeness (QED) is 0.727. The van der Waals surface area contributed by atoms with E-state index in [0.29, 0.717) is 0 Å². The van der Waals surface area contributed by atoms with Crippen molar-refractivity contribution in [2.75, 3.05) is 0 Å². The molecule has 2 aromatic rings. The van der Waals surface area contributed by atoms with Crippen LogP contribution < -0.4 is 0 Å². The van der Waals surface area contributed by atoms with Crippen molar-refractivity contribution in [1.29, 1.82) is 0 Å². The number of benzene rings is 1. The second-order valence-electron chi connectivity index (χ2n) is 3.97. The molecule has 1 unspecified atom stereocenters. The molecule has 0 bridgehead atoms. The van der Waals surface area contributed by atoms with Crippen LogP contribution in [0.1, 0.15) is 29.9 Å². The molecular weight excluding hydrogens is 223 g/mol. The van der Waals surface area contributed by atoms with E-state index in [2.05, 4.69) is 0 Å². The van der Waals surface area contributed by atoms with E-state index in [1.165, 1.54) is 23.5 Å². The molecule has 0 aliphatic rings. The lowest BCUT2D eigenvalue weighted by Gasteiger charge is -2.03. The molecule has 0 N–H and O–H groups in total. The second-order valence-corrected chi connectivity index (χ2v) is 5.05. The summed E-state index contributed by atoms with van der Waals surface area (Å²) in [7, 11) is 0. The number of carbonyl (C=O) groups is 1. The van der Waals surface area contributed by atoms with Crippen LogP contribution in [0.15, 0.2) is 24.3 Å². The normalized spacial score (nSPS) is 12.9. The Morgan fingerprint density at radius 2 is 2.19 bits per heavy atom. The van der Waals surface area contributed by atoms with Gasteiger partial charge in [0.2, 0.25) is 0 Å². The maximum Gasteiger partial charge on any atom is 0.175 e. The average molecular weight is 236 g/mol. The first-order chi connectivity index (χ1) is 7.61. The number of ketones is 1. The second kappa shape index (κ2) is 4.34. The summed E-state index contributed by atoms with van der Waals surface area (Å²) in [5, 5.41) is 0.943. The number of thiophene rings is 1. The summed E-state index contributed by atoms with van der Waals surface area (Å²) in [6.45, 7) is 3.92. The molecule has 1 atom stereocenters. The molecule has 0 radical (unpaired) electrons. The number of Topliss-reactive ketones (excluding diaryl/α,β-unsaturated/α-hetero) is 1. The van der Waals surface area contributed by atoms with E-state index in [0.717, 1.165) is 21.4 Å². The Hall–Kier alpha value is -1.22. The minimum Gasteiger partial charge on any atom is -0.293 e. The molecule has 3 heteroatoms. The smallest absolute Gasteiger partial charge is 0.175 e. The SMILES string of the molecule is CCC(C)C(=O)c1cc2ccc(F)cc2s1. The number of halogens is 1. The Kier molecular flexibility index (Phi) is 3.06. The lowest BCUT2D eigenvalue weighted by Crippen LogP contribution is -2.07. The van der Waals surface area contributed by atoms with E-state index in [1.807, 2.05) is 19.9 Å². The van der Waals surface area contributed by atoms with Gasteiger partial charge in [0.1, 0.15) is 5.82 Å². The van der Waals surface area contributed by atoms with Crippen molar-refractivity contribution in [2.24, 2.45) is 5.92 Å². The number of hydrogen-bond acceptors (Lipinski definition) is 2. The fraction of sp³-hybridized carbons (Fsp3) is 0.308. The molecular formula is C13H13FOS. The van der Waals surface area contributed by atoms with E-state index in [9.17, 15) is 9.18 Å². The van der Waals surface area contributed by atoms with E-state index in [-0.39, 0.29) is 17.5 Å². The molecule has 1 aromatic carbocycles. The van der Waals surface area contributed by atoms with Crippen LogP contribution in [0.2, 0.25) is 0 Å². The largest absolute Gasteiger partial charge is 0.293 e. The third-order valence-corrected chi connectivity index (χ3v) is 3.90. The third kappa shape index (κ3) is 2.00. The monoisotopic (exact) mass is 236 g/mol. The number of rotatable bonds is 3.